The van der Waals surface area contributed by atoms with Crippen LogP contribution < -0.4 is 5.32 Å². The van der Waals surface area contributed by atoms with E-state index in [0.29, 0.717) is 5.02 Å². The number of benzene rings is 2. The van der Waals surface area contributed by atoms with Crippen molar-refractivity contribution in [1.82, 2.24) is 5.32 Å². The zero-order valence-electron chi connectivity index (χ0n) is 11.8. The average molecular weight is 308 g/mol. The second-order valence-corrected chi connectivity index (χ2v) is 5.75. The van der Waals surface area contributed by atoms with E-state index in [-0.39, 0.29) is 6.04 Å². The van der Waals surface area contributed by atoms with Crippen LogP contribution in [0.1, 0.15) is 36.1 Å². The molecule has 0 fully saturated rings. The molecule has 3 heteroatoms. The topological polar surface area (TPSA) is 12.0 Å². The van der Waals surface area contributed by atoms with Crippen LogP contribution in [0.5, 0.6) is 0 Å². The SMILES string of the molecule is CCCNC(c1ccccc1C)c1cc(Cl)ccc1Cl. The molecule has 0 spiro atoms. The normalized spacial score (nSPS) is 12.4. The van der Waals surface area contributed by atoms with Crippen molar-refractivity contribution in [3.63, 3.8) is 0 Å². The molecule has 0 saturated heterocycles. The van der Waals surface area contributed by atoms with Crippen LogP contribution in [0.2, 0.25) is 10.0 Å². The predicted molar refractivity (Wildman–Crippen MR) is 87.8 cm³/mol. The summed E-state index contributed by atoms with van der Waals surface area (Å²) in [5.41, 5.74) is 3.52. The number of hydrogen-bond acceptors (Lipinski definition) is 1. The first-order valence-corrected chi connectivity index (χ1v) is 7.63. The van der Waals surface area contributed by atoms with Gasteiger partial charge in [0.1, 0.15) is 0 Å². The first-order chi connectivity index (χ1) is 9.63. The molecule has 0 aromatic heterocycles. The second kappa shape index (κ2) is 7.12. The summed E-state index contributed by atoms with van der Waals surface area (Å²) in [6.07, 6.45) is 1.07. The van der Waals surface area contributed by atoms with Gasteiger partial charge < -0.3 is 5.32 Å². The number of halogens is 2. The number of nitrogens with one attached hydrogen (secondary N) is 1. The van der Waals surface area contributed by atoms with E-state index in [2.05, 4.69) is 43.4 Å². The van der Waals surface area contributed by atoms with Gasteiger partial charge in [0.2, 0.25) is 0 Å². The smallest absolute Gasteiger partial charge is 0.0594 e. The maximum Gasteiger partial charge on any atom is 0.0594 e. The van der Waals surface area contributed by atoms with E-state index in [1.807, 2.05) is 18.2 Å². The van der Waals surface area contributed by atoms with Crippen LogP contribution in [-0.2, 0) is 0 Å². The standard InChI is InChI=1S/C17H19Cl2N/c1-3-10-20-17(14-7-5-4-6-12(14)2)15-11-13(18)8-9-16(15)19/h4-9,11,17,20H,3,10H2,1-2H3. The molecule has 0 bridgehead atoms. The van der Waals surface area contributed by atoms with E-state index in [1.165, 1.54) is 11.1 Å². The molecule has 2 aromatic rings. The lowest BCUT2D eigenvalue weighted by atomic mass is 9.95. The highest BCUT2D eigenvalue weighted by Gasteiger charge is 2.18. The van der Waals surface area contributed by atoms with Gasteiger partial charge in [-0.1, -0.05) is 54.4 Å². The Morgan fingerprint density at radius 2 is 1.80 bits per heavy atom. The molecular weight excluding hydrogens is 289 g/mol. The van der Waals surface area contributed by atoms with E-state index in [4.69, 9.17) is 23.2 Å². The minimum atomic E-state index is 0.0716. The average Bonchev–Trinajstić information content (AvgIpc) is 2.44. The Labute approximate surface area is 130 Å². The highest BCUT2D eigenvalue weighted by atomic mass is 35.5. The zero-order chi connectivity index (χ0) is 14.5. The van der Waals surface area contributed by atoms with E-state index in [9.17, 15) is 0 Å². The van der Waals surface area contributed by atoms with Crippen LogP contribution in [0.3, 0.4) is 0 Å². The van der Waals surface area contributed by atoms with Gasteiger partial charge >= 0.3 is 0 Å². The minimum absolute atomic E-state index is 0.0716. The summed E-state index contributed by atoms with van der Waals surface area (Å²) in [5.74, 6) is 0. The van der Waals surface area contributed by atoms with Crippen LogP contribution in [-0.4, -0.2) is 6.54 Å². The zero-order valence-corrected chi connectivity index (χ0v) is 13.3. The molecule has 0 saturated carbocycles. The van der Waals surface area contributed by atoms with Gasteiger partial charge in [0, 0.05) is 10.0 Å². The Kier molecular flexibility index (Phi) is 5.47. The van der Waals surface area contributed by atoms with Crippen molar-refractivity contribution in [2.24, 2.45) is 0 Å². The van der Waals surface area contributed by atoms with Gasteiger partial charge in [-0.2, -0.15) is 0 Å². The van der Waals surface area contributed by atoms with Gasteiger partial charge in [-0.3, -0.25) is 0 Å². The predicted octanol–water partition coefficient (Wildman–Crippen LogP) is 5.39. The van der Waals surface area contributed by atoms with Crippen LogP contribution in [0, 0.1) is 6.92 Å². The summed E-state index contributed by atoms with van der Waals surface area (Å²) in [7, 11) is 0. The van der Waals surface area contributed by atoms with E-state index < -0.39 is 0 Å². The first-order valence-electron chi connectivity index (χ1n) is 6.87. The Bertz CT molecular complexity index is 581. The quantitative estimate of drug-likeness (QED) is 0.780. The Balaban J connectivity index is 2.47. The number of aryl methyl sites for hydroxylation is 1. The lowest BCUT2D eigenvalue weighted by Gasteiger charge is -2.22. The molecule has 0 heterocycles. The van der Waals surface area contributed by atoms with Crippen LogP contribution >= 0.6 is 23.2 Å². The molecule has 1 atom stereocenters. The van der Waals surface area contributed by atoms with Gasteiger partial charge in [-0.15, -0.1) is 0 Å². The van der Waals surface area contributed by atoms with E-state index >= 15 is 0 Å². The molecule has 0 amide bonds. The largest absolute Gasteiger partial charge is 0.306 e. The fourth-order valence-electron chi connectivity index (χ4n) is 2.32. The summed E-state index contributed by atoms with van der Waals surface area (Å²) in [4.78, 5) is 0. The number of rotatable bonds is 5. The minimum Gasteiger partial charge on any atom is -0.306 e. The molecule has 20 heavy (non-hydrogen) atoms. The summed E-state index contributed by atoms with van der Waals surface area (Å²) in [6.45, 7) is 5.21. The fourth-order valence-corrected chi connectivity index (χ4v) is 2.73. The summed E-state index contributed by atoms with van der Waals surface area (Å²) < 4.78 is 0. The maximum atomic E-state index is 6.37. The van der Waals surface area contributed by atoms with Crippen LogP contribution in [0.4, 0.5) is 0 Å². The molecule has 0 radical (unpaired) electrons. The first kappa shape index (κ1) is 15.4. The maximum absolute atomic E-state index is 6.37. The highest BCUT2D eigenvalue weighted by Crippen LogP contribution is 2.32. The van der Waals surface area contributed by atoms with Crippen molar-refractivity contribution in [2.45, 2.75) is 26.3 Å². The van der Waals surface area contributed by atoms with E-state index in [0.717, 1.165) is 23.6 Å². The molecule has 1 N–H and O–H groups in total. The Morgan fingerprint density at radius 1 is 1.05 bits per heavy atom. The Hall–Kier alpha value is -1.02. The van der Waals surface area contributed by atoms with Gasteiger partial charge in [-0.05, 0) is 54.8 Å². The van der Waals surface area contributed by atoms with Crippen LogP contribution in [0.25, 0.3) is 0 Å². The van der Waals surface area contributed by atoms with Crippen molar-refractivity contribution in [2.75, 3.05) is 6.54 Å². The molecule has 0 aliphatic heterocycles. The van der Waals surface area contributed by atoms with Crippen LogP contribution in [0.15, 0.2) is 42.5 Å². The monoisotopic (exact) mass is 307 g/mol. The fraction of sp³-hybridized carbons (Fsp3) is 0.294. The third-order valence-corrected chi connectivity index (χ3v) is 3.95. The second-order valence-electron chi connectivity index (χ2n) is 4.91. The van der Waals surface area contributed by atoms with Gasteiger partial charge in [0.05, 0.1) is 6.04 Å². The van der Waals surface area contributed by atoms with Crippen molar-refractivity contribution in [3.8, 4) is 0 Å². The molecule has 2 aromatic carbocycles. The molecular formula is C17H19Cl2N. The van der Waals surface area contributed by atoms with Crippen molar-refractivity contribution >= 4 is 23.2 Å². The number of hydrogen-bond donors (Lipinski definition) is 1. The molecule has 0 aliphatic carbocycles. The van der Waals surface area contributed by atoms with Gasteiger partial charge in [-0.25, -0.2) is 0 Å². The highest BCUT2D eigenvalue weighted by molar-refractivity contribution is 6.33. The molecule has 106 valence electrons. The summed E-state index contributed by atoms with van der Waals surface area (Å²) in [5, 5.41) is 5.02. The van der Waals surface area contributed by atoms with Crippen molar-refractivity contribution < 1.29 is 0 Å². The van der Waals surface area contributed by atoms with Gasteiger partial charge in [0.25, 0.3) is 0 Å². The summed E-state index contributed by atoms with van der Waals surface area (Å²) in [6, 6.07) is 14.1. The molecule has 0 aliphatic rings. The molecule has 2 rings (SSSR count). The lowest BCUT2D eigenvalue weighted by molar-refractivity contribution is 0.596. The van der Waals surface area contributed by atoms with Crippen molar-refractivity contribution in [1.29, 1.82) is 0 Å². The lowest BCUT2D eigenvalue weighted by Crippen LogP contribution is -2.24. The van der Waals surface area contributed by atoms with Gasteiger partial charge in [0.15, 0.2) is 0 Å². The third kappa shape index (κ3) is 3.54. The molecule has 1 unspecified atom stereocenters. The Morgan fingerprint density at radius 3 is 2.50 bits per heavy atom. The molecule has 1 nitrogen and oxygen atoms in total. The van der Waals surface area contributed by atoms with Crippen molar-refractivity contribution in [3.05, 3.63) is 69.2 Å². The van der Waals surface area contributed by atoms with E-state index in [1.54, 1.807) is 0 Å². The third-order valence-electron chi connectivity index (χ3n) is 3.37. The summed E-state index contributed by atoms with van der Waals surface area (Å²) >= 11 is 12.5.